The molecule has 1 aromatic rings. The van der Waals surface area contributed by atoms with E-state index in [0.717, 1.165) is 12.8 Å². The maximum absolute atomic E-state index is 12.2. The molecule has 0 amide bonds. The number of rotatable bonds is 5. The maximum Gasteiger partial charge on any atom is 0.324 e. The van der Waals surface area contributed by atoms with Gasteiger partial charge in [-0.3, -0.25) is 4.79 Å². The number of halogens is 1. The molecule has 1 aliphatic carbocycles. The molecule has 1 saturated carbocycles. The molecule has 0 aromatic heterocycles. The van der Waals surface area contributed by atoms with Gasteiger partial charge in [-0.05, 0) is 43.9 Å². The van der Waals surface area contributed by atoms with Crippen LogP contribution in [-0.2, 0) is 14.8 Å². The first kappa shape index (κ1) is 14.5. The van der Waals surface area contributed by atoms with Crippen molar-refractivity contribution in [1.29, 1.82) is 0 Å². The molecule has 0 saturated heterocycles. The smallest absolute Gasteiger partial charge is 0.324 e. The Hall–Kier alpha value is -0.920. The SMILES string of the molecule is CC(NS(=O)(=O)c1cccc(Br)c1)(C(=O)O)C1CC1. The predicted octanol–water partition coefficient (Wildman–Crippen LogP) is 1.98. The third-order valence-electron chi connectivity index (χ3n) is 3.29. The van der Waals surface area contributed by atoms with Crippen molar-refractivity contribution in [3.8, 4) is 0 Å². The van der Waals surface area contributed by atoms with Crippen LogP contribution in [0.15, 0.2) is 33.6 Å². The fourth-order valence-corrected chi connectivity index (χ4v) is 3.96. The molecule has 1 fully saturated rings. The van der Waals surface area contributed by atoms with Crippen molar-refractivity contribution in [3.63, 3.8) is 0 Å². The molecular formula is C12H14BrNO4S. The molecule has 5 nitrogen and oxygen atoms in total. The van der Waals surface area contributed by atoms with E-state index in [9.17, 15) is 18.3 Å². The molecule has 0 heterocycles. The summed E-state index contributed by atoms with van der Waals surface area (Å²) in [6, 6.07) is 6.17. The third-order valence-corrected chi connectivity index (χ3v) is 5.35. The van der Waals surface area contributed by atoms with Gasteiger partial charge in [0.25, 0.3) is 0 Å². The van der Waals surface area contributed by atoms with Crippen LogP contribution >= 0.6 is 15.9 Å². The monoisotopic (exact) mass is 347 g/mol. The van der Waals surface area contributed by atoms with E-state index >= 15 is 0 Å². The van der Waals surface area contributed by atoms with Gasteiger partial charge in [-0.15, -0.1) is 0 Å². The van der Waals surface area contributed by atoms with Crippen molar-refractivity contribution in [2.45, 2.75) is 30.2 Å². The van der Waals surface area contributed by atoms with Crippen molar-refractivity contribution in [1.82, 2.24) is 4.72 Å². The minimum absolute atomic E-state index is 0.0509. The minimum atomic E-state index is -3.85. The summed E-state index contributed by atoms with van der Waals surface area (Å²) in [6.45, 7) is 1.42. The van der Waals surface area contributed by atoms with Crippen LogP contribution < -0.4 is 4.72 Å². The summed E-state index contributed by atoms with van der Waals surface area (Å²) in [5.74, 6) is -1.29. The molecule has 0 spiro atoms. The van der Waals surface area contributed by atoms with Gasteiger partial charge >= 0.3 is 5.97 Å². The van der Waals surface area contributed by atoms with Gasteiger partial charge in [0.15, 0.2) is 0 Å². The molecule has 2 rings (SSSR count). The summed E-state index contributed by atoms with van der Waals surface area (Å²) in [5, 5.41) is 9.27. The average Bonchev–Trinajstić information content (AvgIpc) is 3.12. The van der Waals surface area contributed by atoms with Gasteiger partial charge < -0.3 is 5.11 Å². The van der Waals surface area contributed by atoms with Crippen LogP contribution in [0, 0.1) is 5.92 Å². The number of sulfonamides is 1. The molecule has 1 atom stereocenters. The zero-order valence-electron chi connectivity index (χ0n) is 10.3. The van der Waals surface area contributed by atoms with Gasteiger partial charge in [0.2, 0.25) is 10.0 Å². The number of hydrogen-bond donors (Lipinski definition) is 2. The predicted molar refractivity (Wildman–Crippen MR) is 73.2 cm³/mol. The number of carbonyl (C=O) groups is 1. The molecule has 2 N–H and O–H groups in total. The van der Waals surface area contributed by atoms with Crippen LogP contribution in [0.3, 0.4) is 0 Å². The average molecular weight is 348 g/mol. The van der Waals surface area contributed by atoms with Crippen molar-refractivity contribution in [2.75, 3.05) is 0 Å². The van der Waals surface area contributed by atoms with E-state index in [2.05, 4.69) is 20.7 Å². The molecule has 19 heavy (non-hydrogen) atoms. The Morgan fingerprint density at radius 2 is 2.11 bits per heavy atom. The topological polar surface area (TPSA) is 83.5 Å². The van der Waals surface area contributed by atoms with Crippen LogP contribution in [0.1, 0.15) is 19.8 Å². The van der Waals surface area contributed by atoms with Crippen molar-refractivity contribution in [3.05, 3.63) is 28.7 Å². The van der Waals surface area contributed by atoms with E-state index in [1.165, 1.54) is 19.1 Å². The van der Waals surface area contributed by atoms with E-state index in [1.807, 2.05) is 0 Å². The Morgan fingerprint density at radius 3 is 2.58 bits per heavy atom. The second kappa shape index (κ2) is 4.88. The number of hydrogen-bond acceptors (Lipinski definition) is 3. The highest BCUT2D eigenvalue weighted by Gasteiger charge is 2.50. The lowest BCUT2D eigenvalue weighted by molar-refractivity contribution is -0.144. The van der Waals surface area contributed by atoms with Crippen LogP contribution in [0.5, 0.6) is 0 Å². The summed E-state index contributed by atoms with van der Waals surface area (Å²) in [6.07, 6.45) is 1.45. The third kappa shape index (κ3) is 2.98. The number of carboxylic acids is 1. The van der Waals surface area contributed by atoms with E-state index in [4.69, 9.17) is 0 Å². The van der Waals surface area contributed by atoms with E-state index in [1.54, 1.807) is 12.1 Å². The highest BCUT2D eigenvalue weighted by atomic mass is 79.9. The summed E-state index contributed by atoms with van der Waals surface area (Å²) in [5.41, 5.74) is -1.44. The van der Waals surface area contributed by atoms with Gasteiger partial charge in [-0.2, -0.15) is 4.72 Å². The molecular weight excluding hydrogens is 334 g/mol. The Labute approximate surface area is 120 Å². The van der Waals surface area contributed by atoms with Gasteiger partial charge in [0.05, 0.1) is 4.90 Å². The zero-order chi connectivity index (χ0) is 14.3. The Morgan fingerprint density at radius 1 is 1.47 bits per heavy atom. The summed E-state index contributed by atoms with van der Waals surface area (Å²) in [7, 11) is -3.85. The number of benzene rings is 1. The fraction of sp³-hybridized carbons (Fsp3) is 0.417. The first-order valence-corrected chi connectivity index (χ1v) is 8.06. The molecule has 0 bridgehead atoms. The Bertz CT molecular complexity index is 612. The first-order valence-electron chi connectivity index (χ1n) is 5.78. The van der Waals surface area contributed by atoms with E-state index in [-0.39, 0.29) is 10.8 Å². The standard InChI is InChI=1S/C12H14BrNO4S/c1-12(11(15)16,8-5-6-8)14-19(17,18)10-4-2-3-9(13)7-10/h2-4,7-8,14H,5-6H2,1H3,(H,15,16). The lowest BCUT2D eigenvalue weighted by Gasteiger charge is -2.25. The molecule has 1 unspecified atom stereocenters. The van der Waals surface area contributed by atoms with Gasteiger partial charge in [0, 0.05) is 4.47 Å². The molecule has 1 aromatic carbocycles. The molecule has 0 aliphatic heterocycles. The van der Waals surface area contributed by atoms with Gasteiger partial charge in [0.1, 0.15) is 5.54 Å². The van der Waals surface area contributed by atoms with Crippen LogP contribution in [0.2, 0.25) is 0 Å². The van der Waals surface area contributed by atoms with Crippen LogP contribution in [0.25, 0.3) is 0 Å². The molecule has 0 radical (unpaired) electrons. The Balaban J connectivity index is 2.33. The van der Waals surface area contributed by atoms with Gasteiger partial charge in [-0.1, -0.05) is 22.0 Å². The summed E-state index contributed by atoms with van der Waals surface area (Å²) in [4.78, 5) is 11.4. The Kier molecular flexibility index (Phi) is 3.72. The zero-order valence-corrected chi connectivity index (χ0v) is 12.7. The van der Waals surface area contributed by atoms with Crippen LogP contribution in [-0.4, -0.2) is 25.0 Å². The molecule has 7 heteroatoms. The quantitative estimate of drug-likeness (QED) is 0.852. The van der Waals surface area contributed by atoms with Crippen molar-refractivity contribution < 1.29 is 18.3 Å². The van der Waals surface area contributed by atoms with Crippen molar-refractivity contribution in [2.24, 2.45) is 5.92 Å². The minimum Gasteiger partial charge on any atom is -0.480 e. The second-order valence-corrected chi connectivity index (χ2v) is 7.44. The normalized spacial score (nSPS) is 18.8. The largest absolute Gasteiger partial charge is 0.480 e. The fourth-order valence-electron chi connectivity index (χ4n) is 1.93. The lowest BCUT2D eigenvalue weighted by atomic mass is 9.98. The number of nitrogens with one attached hydrogen (secondary N) is 1. The maximum atomic E-state index is 12.2. The highest BCUT2D eigenvalue weighted by Crippen LogP contribution is 2.40. The number of aliphatic carboxylic acids is 1. The summed E-state index contributed by atoms with van der Waals surface area (Å²) < 4.78 is 27.4. The summed E-state index contributed by atoms with van der Waals surface area (Å²) >= 11 is 3.20. The first-order chi connectivity index (χ1) is 8.75. The lowest BCUT2D eigenvalue weighted by Crippen LogP contribution is -2.53. The van der Waals surface area contributed by atoms with E-state index in [0.29, 0.717) is 4.47 Å². The van der Waals surface area contributed by atoms with Crippen LogP contribution in [0.4, 0.5) is 0 Å². The number of carboxylic acid groups (broad SMARTS) is 1. The molecule has 1 aliphatic rings. The second-order valence-electron chi connectivity index (χ2n) is 4.84. The van der Waals surface area contributed by atoms with Crippen molar-refractivity contribution >= 4 is 31.9 Å². The highest BCUT2D eigenvalue weighted by molar-refractivity contribution is 9.10. The van der Waals surface area contributed by atoms with Gasteiger partial charge in [-0.25, -0.2) is 8.42 Å². The van der Waals surface area contributed by atoms with E-state index < -0.39 is 21.5 Å². The molecule has 104 valence electrons.